The van der Waals surface area contributed by atoms with Crippen LogP contribution in [0, 0.1) is 6.92 Å². The number of hydrogen-bond donors (Lipinski definition) is 0. The number of hydrogen-bond acceptors (Lipinski definition) is 2. The van der Waals surface area contributed by atoms with Gasteiger partial charge in [-0.25, -0.2) is 0 Å². The zero-order valence-corrected chi connectivity index (χ0v) is 16.6. The second-order valence-electron chi connectivity index (χ2n) is 9.66. The van der Waals surface area contributed by atoms with E-state index in [0.29, 0.717) is 5.56 Å². The molecule has 0 radical (unpaired) electrons. The van der Waals surface area contributed by atoms with Crippen LogP contribution in [0.4, 0.5) is 0 Å². The Labute approximate surface area is 157 Å². The number of fused-ring (bicyclic) bond motifs is 1. The number of pyridine rings is 1. The molecule has 2 aliphatic rings. The number of aromatic nitrogens is 1. The summed E-state index contributed by atoms with van der Waals surface area (Å²) in [6.07, 6.45) is 7.34. The molecule has 0 aliphatic heterocycles. The summed E-state index contributed by atoms with van der Waals surface area (Å²) < 4.78 is 0. The van der Waals surface area contributed by atoms with Gasteiger partial charge in [-0.3, -0.25) is 9.78 Å². The summed E-state index contributed by atoms with van der Waals surface area (Å²) in [5.41, 5.74) is 8.13. The molecule has 0 bridgehead atoms. The summed E-state index contributed by atoms with van der Waals surface area (Å²) in [5.74, 6) is 0. The van der Waals surface area contributed by atoms with E-state index in [2.05, 4.69) is 51.7 Å². The Hall–Kier alpha value is -1.96. The smallest absolute Gasteiger partial charge is 0.151 e. The fourth-order valence-corrected chi connectivity index (χ4v) is 4.78. The summed E-state index contributed by atoms with van der Waals surface area (Å²) in [6, 6.07) is 8.89. The normalized spacial score (nSPS) is 21.7. The van der Waals surface area contributed by atoms with E-state index in [4.69, 9.17) is 0 Å². The van der Waals surface area contributed by atoms with Crippen molar-refractivity contribution < 1.29 is 4.79 Å². The Morgan fingerprint density at radius 2 is 1.50 bits per heavy atom. The highest BCUT2D eigenvalue weighted by Crippen LogP contribution is 2.56. The number of carbonyl (C=O) groups excluding carboxylic acids is 1. The van der Waals surface area contributed by atoms with Gasteiger partial charge in [-0.2, -0.15) is 0 Å². The minimum atomic E-state index is 0.0399. The average molecular weight is 348 g/mol. The Kier molecular flexibility index (Phi) is 3.70. The van der Waals surface area contributed by atoms with Crippen LogP contribution in [0.15, 0.2) is 30.5 Å². The first-order chi connectivity index (χ1) is 12.2. The highest BCUT2D eigenvalue weighted by Gasteiger charge is 2.49. The van der Waals surface area contributed by atoms with Gasteiger partial charge in [0.2, 0.25) is 0 Å². The minimum absolute atomic E-state index is 0.0399. The van der Waals surface area contributed by atoms with E-state index < -0.39 is 0 Å². The molecule has 0 atom stereocenters. The summed E-state index contributed by atoms with van der Waals surface area (Å²) in [7, 11) is 0. The monoisotopic (exact) mass is 347 g/mol. The first-order valence-corrected chi connectivity index (χ1v) is 9.77. The molecule has 1 saturated carbocycles. The van der Waals surface area contributed by atoms with E-state index in [1.54, 1.807) is 6.20 Å². The highest BCUT2D eigenvalue weighted by molar-refractivity contribution is 5.74. The standard InChI is InChI=1S/C24H29NO/c1-16-12-19-20(23(4,5)9-8-22(19,2)3)13-18(16)24(10-11-24)21-7-6-17(15-26)14-25-21/h6-7,12-15H,8-11H2,1-5H3. The Balaban J connectivity index is 1.86. The number of aryl methyl sites for hydroxylation is 1. The second-order valence-corrected chi connectivity index (χ2v) is 9.66. The van der Waals surface area contributed by atoms with Gasteiger partial charge in [-0.05, 0) is 77.8 Å². The molecule has 0 unspecified atom stereocenters. The van der Waals surface area contributed by atoms with Crippen LogP contribution in [0.5, 0.6) is 0 Å². The van der Waals surface area contributed by atoms with E-state index >= 15 is 0 Å². The highest BCUT2D eigenvalue weighted by atomic mass is 16.1. The fraction of sp³-hybridized carbons (Fsp3) is 0.500. The van der Waals surface area contributed by atoms with Crippen molar-refractivity contribution in [3.63, 3.8) is 0 Å². The molecule has 1 aromatic carbocycles. The van der Waals surface area contributed by atoms with Crippen LogP contribution >= 0.6 is 0 Å². The largest absolute Gasteiger partial charge is 0.298 e. The average Bonchev–Trinajstić information content (AvgIpc) is 3.40. The van der Waals surface area contributed by atoms with Crippen LogP contribution in [-0.4, -0.2) is 11.3 Å². The van der Waals surface area contributed by atoms with Gasteiger partial charge in [0.05, 0.1) is 5.69 Å². The summed E-state index contributed by atoms with van der Waals surface area (Å²) in [6.45, 7) is 11.8. The van der Waals surface area contributed by atoms with Crippen LogP contribution < -0.4 is 0 Å². The molecule has 0 N–H and O–H groups in total. The van der Waals surface area contributed by atoms with Crippen molar-refractivity contribution in [3.8, 4) is 0 Å². The number of carbonyl (C=O) groups is 1. The van der Waals surface area contributed by atoms with Crippen LogP contribution in [0.25, 0.3) is 0 Å². The van der Waals surface area contributed by atoms with Crippen LogP contribution in [-0.2, 0) is 16.2 Å². The molecule has 2 nitrogen and oxygen atoms in total. The van der Waals surface area contributed by atoms with E-state index in [0.717, 1.165) is 24.8 Å². The molecule has 1 fully saturated rings. The van der Waals surface area contributed by atoms with Gasteiger partial charge in [-0.15, -0.1) is 0 Å². The molecular formula is C24H29NO. The Bertz CT molecular complexity index is 870. The lowest BCUT2D eigenvalue weighted by Crippen LogP contribution is -2.34. The topological polar surface area (TPSA) is 30.0 Å². The van der Waals surface area contributed by atoms with Crippen molar-refractivity contribution in [1.29, 1.82) is 0 Å². The molecule has 2 aromatic rings. The van der Waals surface area contributed by atoms with Crippen molar-refractivity contribution in [2.75, 3.05) is 0 Å². The molecule has 0 amide bonds. The third-order valence-electron chi connectivity index (χ3n) is 6.88. The van der Waals surface area contributed by atoms with E-state index in [9.17, 15) is 4.79 Å². The third-order valence-corrected chi connectivity index (χ3v) is 6.88. The lowest BCUT2D eigenvalue weighted by atomic mass is 9.62. The maximum Gasteiger partial charge on any atom is 0.151 e. The minimum Gasteiger partial charge on any atom is -0.298 e. The zero-order valence-electron chi connectivity index (χ0n) is 16.6. The maximum absolute atomic E-state index is 11.0. The van der Waals surface area contributed by atoms with Gasteiger partial charge in [0.25, 0.3) is 0 Å². The van der Waals surface area contributed by atoms with Gasteiger partial charge in [0, 0.05) is 17.2 Å². The van der Waals surface area contributed by atoms with E-state index in [1.807, 2.05) is 12.1 Å². The van der Waals surface area contributed by atoms with Gasteiger partial charge in [0.15, 0.2) is 6.29 Å². The molecular weight excluding hydrogens is 318 g/mol. The van der Waals surface area contributed by atoms with Gasteiger partial charge in [0.1, 0.15) is 0 Å². The molecule has 26 heavy (non-hydrogen) atoms. The van der Waals surface area contributed by atoms with Crippen molar-refractivity contribution in [3.05, 3.63) is 64.0 Å². The lowest BCUT2D eigenvalue weighted by molar-refractivity contribution is 0.112. The number of aldehydes is 1. The molecule has 1 aromatic heterocycles. The van der Waals surface area contributed by atoms with Crippen molar-refractivity contribution in [2.45, 2.75) is 76.5 Å². The molecule has 4 rings (SSSR count). The SMILES string of the molecule is Cc1cc2c(cc1C1(c3ccc(C=O)cn3)CC1)C(C)(C)CCC2(C)C. The summed E-state index contributed by atoms with van der Waals surface area (Å²) in [4.78, 5) is 15.6. The fourth-order valence-electron chi connectivity index (χ4n) is 4.78. The number of nitrogens with zero attached hydrogens (tertiary/aromatic N) is 1. The first kappa shape index (κ1) is 17.5. The molecule has 2 heteroatoms. The first-order valence-electron chi connectivity index (χ1n) is 9.77. The van der Waals surface area contributed by atoms with Gasteiger partial charge in [-0.1, -0.05) is 39.8 Å². The number of rotatable bonds is 3. The van der Waals surface area contributed by atoms with Crippen LogP contribution in [0.3, 0.4) is 0 Å². The second kappa shape index (κ2) is 5.52. The van der Waals surface area contributed by atoms with Crippen molar-refractivity contribution >= 4 is 6.29 Å². The van der Waals surface area contributed by atoms with Gasteiger partial charge < -0.3 is 0 Å². The molecule has 136 valence electrons. The van der Waals surface area contributed by atoms with Gasteiger partial charge >= 0.3 is 0 Å². The Morgan fingerprint density at radius 3 is 2.00 bits per heavy atom. The van der Waals surface area contributed by atoms with Crippen LogP contribution in [0.2, 0.25) is 0 Å². The number of benzene rings is 1. The lowest BCUT2D eigenvalue weighted by Gasteiger charge is -2.43. The predicted molar refractivity (Wildman–Crippen MR) is 106 cm³/mol. The van der Waals surface area contributed by atoms with Crippen molar-refractivity contribution in [2.24, 2.45) is 0 Å². The summed E-state index contributed by atoms with van der Waals surface area (Å²) >= 11 is 0. The molecule has 1 heterocycles. The predicted octanol–water partition coefficient (Wildman–Crippen LogP) is 5.63. The Morgan fingerprint density at radius 1 is 0.885 bits per heavy atom. The summed E-state index contributed by atoms with van der Waals surface area (Å²) in [5, 5.41) is 0. The van der Waals surface area contributed by atoms with E-state index in [1.165, 1.54) is 35.1 Å². The maximum atomic E-state index is 11.0. The van der Waals surface area contributed by atoms with Crippen molar-refractivity contribution in [1.82, 2.24) is 4.98 Å². The third kappa shape index (κ3) is 2.53. The van der Waals surface area contributed by atoms with Crippen LogP contribution in [0.1, 0.15) is 91.7 Å². The molecule has 0 saturated heterocycles. The van der Waals surface area contributed by atoms with E-state index in [-0.39, 0.29) is 16.2 Å². The quantitative estimate of drug-likeness (QED) is 0.673. The zero-order chi connectivity index (χ0) is 18.7. The molecule has 0 spiro atoms. The molecule has 2 aliphatic carbocycles.